The van der Waals surface area contributed by atoms with E-state index in [0.717, 1.165) is 0 Å². The van der Waals surface area contributed by atoms with E-state index in [0.29, 0.717) is 11.3 Å². The Morgan fingerprint density at radius 1 is 1.53 bits per heavy atom. The number of hydrogen-bond donors (Lipinski definition) is 1. The molecule has 0 aliphatic carbocycles. The highest BCUT2D eigenvalue weighted by Gasteiger charge is 2.24. The van der Waals surface area contributed by atoms with Crippen LogP contribution in [0.1, 0.15) is 31.0 Å². The van der Waals surface area contributed by atoms with Crippen molar-refractivity contribution >= 4 is 5.69 Å². The zero-order valence-corrected chi connectivity index (χ0v) is 9.10. The van der Waals surface area contributed by atoms with Gasteiger partial charge in [0.1, 0.15) is 5.69 Å². The van der Waals surface area contributed by atoms with E-state index in [2.05, 4.69) is 4.98 Å². The predicted octanol–water partition coefficient (Wildman–Crippen LogP) is 1.75. The molecule has 5 nitrogen and oxygen atoms in total. The maximum atomic E-state index is 10.9. The summed E-state index contributed by atoms with van der Waals surface area (Å²) in [6.07, 6.45) is 1.58. The molecule has 0 amide bonds. The van der Waals surface area contributed by atoms with Crippen LogP contribution < -0.4 is 5.73 Å². The molecule has 82 valence electrons. The van der Waals surface area contributed by atoms with Crippen LogP contribution in [0, 0.1) is 17.0 Å². The van der Waals surface area contributed by atoms with Crippen molar-refractivity contribution in [3.05, 3.63) is 33.6 Å². The van der Waals surface area contributed by atoms with Gasteiger partial charge in [0.25, 0.3) is 5.69 Å². The van der Waals surface area contributed by atoms with Gasteiger partial charge in [0.2, 0.25) is 0 Å². The Labute approximate surface area is 88.5 Å². The first-order chi connectivity index (χ1) is 6.95. The smallest absolute Gasteiger partial charge is 0.293 e. The molecule has 0 aromatic carbocycles. The van der Waals surface area contributed by atoms with Gasteiger partial charge in [0.05, 0.1) is 4.92 Å². The van der Waals surface area contributed by atoms with E-state index in [1.807, 2.05) is 13.8 Å². The van der Waals surface area contributed by atoms with Crippen molar-refractivity contribution in [2.24, 2.45) is 5.73 Å². The molecule has 1 rings (SSSR count). The van der Waals surface area contributed by atoms with Crippen molar-refractivity contribution in [3.8, 4) is 0 Å². The van der Waals surface area contributed by atoms with Crippen LogP contribution >= 0.6 is 0 Å². The number of aromatic nitrogens is 1. The molecule has 0 fully saturated rings. The number of nitrogens with two attached hydrogens (primary N) is 1. The average Bonchev–Trinajstić information content (AvgIpc) is 2.15. The summed E-state index contributed by atoms with van der Waals surface area (Å²) in [6, 6.07) is 1.48. The quantitative estimate of drug-likeness (QED) is 0.607. The first kappa shape index (κ1) is 11.6. The van der Waals surface area contributed by atoms with Crippen LogP contribution in [0.3, 0.4) is 0 Å². The molecule has 5 heteroatoms. The molecule has 15 heavy (non-hydrogen) atoms. The summed E-state index contributed by atoms with van der Waals surface area (Å²) in [5.41, 5.74) is 6.90. The predicted molar refractivity (Wildman–Crippen MR) is 57.7 cm³/mol. The fourth-order valence-electron chi connectivity index (χ4n) is 1.39. The minimum Gasteiger partial charge on any atom is -0.327 e. The number of nitro groups is 1. The maximum Gasteiger partial charge on any atom is 0.293 e. The second-order valence-electron chi connectivity index (χ2n) is 3.77. The largest absolute Gasteiger partial charge is 0.327 e. The van der Waals surface area contributed by atoms with Gasteiger partial charge in [-0.1, -0.05) is 6.92 Å². The summed E-state index contributed by atoms with van der Waals surface area (Å²) >= 11 is 0. The third-order valence-electron chi connectivity index (χ3n) is 2.56. The third kappa shape index (κ3) is 2.30. The average molecular weight is 209 g/mol. The maximum absolute atomic E-state index is 10.9. The molecule has 0 saturated carbocycles. The van der Waals surface area contributed by atoms with E-state index in [1.54, 1.807) is 19.2 Å². The molecule has 2 atom stereocenters. The monoisotopic (exact) mass is 209 g/mol. The fourth-order valence-corrected chi connectivity index (χ4v) is 1.39. The summed E-state index contributed by atoms with van der Waals surface area (Å²) in [7, 11) is 0. The molecule has 0 spiro atoms. The first-order valence-electron chi connectivity index (χ1n) is 4.80. The summed E-state index contributed by atoms with van der Waals surface area (Å²) in [4.78, 5) is 14.6. The van der Waals surface area contributed by atoms with Gasteiger partial charge in [-0.05, 0) is 19.9 Å². The van der Waals surface area contributed by atoms with E-state index in [9.17, 15) is 10.1 Å². The zero-order chi connectivity index (χ0) is 11.6. The molecule has 0 radical (unpaired) electrons. The number of pyridine rings is 1. The third-order valence-corrected chi connectivity index (χ3v) is 2.56. The molecule has 1 heterocycles. The summed E-state index contributed by atoms with van der Waals surface area (Å²) in [5, 5.41) is 10.9. The van der Waals surface area contributed by atoms with Gasteiger partial charge in [-0.25, -0.2) is 0 Å². The lowest BCUT2D eigenvalue weighted by atomic mass is 9.97. The first-order valence-corrected chi connectivity index (χ1v) is 4.80. The Bertz CT molecular complexity index is 377. The van der Waals surface area contributed by atoms with Gasteiger partial charge >= 0.3 is 0 Å². The standard InChI is InChI=1S/C10H15N3O2/c1-6-4-5-12-9(7(2)8(3)11)10(6)13(14)15/h4-5,7-8H,11H2,1-3H3. The topological polar surface area (TPSA) is 82.0 Å². The molecule has 0 aliphatic heterocycles. The second kappa shape index (κ2) is 4.35. The molecule has 0 saturated heterocycles. The minimum absolute atomic E-state index is 0.0855. The molecule has 0 bridgehead atoms. The van der Waals surface area contributed by atoms with Gasteiger partial charge in [-0.3, -0.25) is 15.1 Å². The zero-order valence-electron chi connectivity index (χ0n) is 9.10. The Balaban J connectivity index is 3.29. The summed E-state index contributed by atoms with van der Waals surface area (Å²) in [5.74, 6) is -0.120. The van der Waals surface area contributed by atoms with Crippen LogP contribution in [0.2, 0.25) is 0 Å². The highest BCUT2D eigenvalue weighted by atomic mass is 16.6. The van der Waals surface area contributed by atoms with Crippen LogP contribution in [0.4, 0.5) is 5.69 Å². The lowest BCUT2D eigenvalue weighted by Gasteiger charge is -2.15. The van der Waals surface area contributed by atoms with Crippen molar-refractivity contribution in [2.45, 2.75) is 32.7 Å². The SMILES string of the molecule is Cc1ccnc(C(C)C(C)N)c1[N+](=O)[O-]. The van der Waals surface area contributed by atoms with E-state index < -0.39 is 4.92 Å². The highest BCUT2D eigenvalue weighted by Crippen LogP contribution is 2.28. The van der Waals surface area contributed by atoms with E-state index in [-0.39, 0.29) is 17.6 Å². The van der Waals surface area contributed by atoms with Crippen LogP contribution in [0.15, 0.2) is 12.3 Å². The summed E-state index contributed by atoms with van der Waals surface area (Å²) in [6.45, 7) is 5.37. The Kier molecular flexibility index (Phi) is 3.36. The number of hydrogen-bond acceptors (Lipinski definition) is 4. The van der Waals surface area contributed by atoms with Gasteiger partial charge in [0, 0.05) is 23.7 Å². The number of rotatable bonds is 3. The van der Waals surface area contributed by atoms with Crippen molar-refractivity contribution in [1.29, 1.82) is 0 Å². The Hall–Kier alpha value is -1.49. The molecular weight excluding hydrogens is 194 g/mol. The van der Waals surface area contributed by atoms with Crippen molar-refractivity contribution in [1.82, 2.24) is 4.98 Å². The van der Waals surface area contributed by atoms with Crippen molar-refractivity contribution in [2.75, 3.05) is 0 Å². The van der Waals surface area contributed by atoms with E-state index >= 15 is 0 Å². The van der Waals surface area contributed by atoms with E-state index in [4.69, 9.17) is 5.73 Å². The Morgan fingerprint density at radius 2 is 2.13 bits per heavy atom. The fraction of sp³-hybridized carbons (Fsp3) is 0.500. The van der Waals surface area contributed by atoms with Crippen LogP contribution in [0.25, 0.3) is 0 Å². The van der Waals surface area contributed by atoms with Crippen LogP contribution in [0.5, 0.6) is 0 Å². The highest BCUT2D eigenvalue weighted by molar-refractivity contribution is 5.44. The number of nitrogens with zero attached hydrogens (tertiary/aromatic N) is 2. The normalized spacial score (nSPS) is 14.7. The Morgan fingerprint density at radius 3 is 2.60 bits per heavy atom. The number of aryl methyl sites for hydroxylation is 1. The van der Waals surface area contributed by atoms with Gasteiger partial charge in [0.15, 0.2) is 0 Å². The van der Waals surface area contributed by atoms with Crippen LogP contribution in [-0.4, -0.2) is 15.9 Å². The molecular formula is C10H15N3O2. The van der Waals surface area contributed by atoms with Gasteiger partial charge < -0.3 is 5.73 Å². The van der Waals surface area contributed by atoms with Gasteiger partial charge in [-0.15, -0.1) is 0 Å². The van der Waals surface area contributed by atoms with E-state index in [1.165, 1.54) is 0 Å². The van der Waals surface area contributed by atoms with Crippen LogP contribution in [-0.2, 0) is 0 Å². The summed E-state index contributed by atoms with van der Waals surface area (Å²) < 4.78 is 0. The van der Waals surface area contributed by atoms with Gasteiger partial charge in [-0.2, -0.15) is 0 Å². The molecule has 2 N–H and O–H groups in total. The van der Waals surface area contributed by atoms with Crippen molar-refractivity contribution < 1.29 is 4.92 Å². The van der Waals surface area contributed by atoms with Crippen molar-refractivity contribution in [3.63, 3.8) is 0 Å². The molecule has 1 aromatic heterocycles. The minimum atomic E-state index is -0.392. The lowest BCUT2D eigenvalue weighted by Crippen LogP contribution is -2.24. The lowest BCUT2D eigenvalue weighted by molar-refractivity contribution is -0.386. The molecule has 2 unspecified atom stereocenters. The second-order valence-corrected chi connectivity index (χ2v) is 3.77. The molecule has 1 aromatic rings. The molecule has 0 aliphatic rings.